The molecule has 2 heteroatoms. The molecule has 0 atom stereocenters. The van der Waals surface area contributed by atoms with Crippen molar-refractivity contribution in [2.24, 2.45) is 7.05 Å². The third kappa shape index (κ3) is 1.84. The summed E-state index contributed by atoms with van der Waals surface area (Å²) in [5.41, 5.74) is 2.26. The fourth-order valence-electron chi connectivity index (χ4n) is 1.66. The smallest absolute Gasteiger partial charge is 0.216 e. The van der Waals surface area contributed by atoms with Gasteiger partial charge < -0.3 is 4.74 Å². The summed E-state index contributed by atoms with van der Waals surface area (Å²) in [6, 6.07) is 14.2. The van der Waals surface area contributed by atoms with E-state index in [4.69, 9.17) is 4.74 Å². The second kappa shape index (κ2) is 4.13. The lowest BCUT2D eigenvalue weighted by Gasteiger charge is -2.05. The van der Waals surface area contributed by atoms with E-state index in [1.165, 1.54) is 0 Å². The van der Waals surface area contributed by atoms with Crippen molar-refractivity contribution in [2.45, 2.75) is 0 Å². The summed E-state index contributed by atoms with van der Waals surface area (Å²) in [6.45, 7) is 0. The van der Waals surface area contributed by atoms with Gasteiger partial charge in [-0.3, -0.25) is 0 Å². The van der Waals surface area contributed by atoms with Crippen LogP contribution in [0.4, 0.5) is 0 Å². The van der Waals surface area contributed by atoms with Crippen molar-refractivity contribution < 1.29 is 9.30 Å². The predicted molar refractivity (Wildman–Crippen MR) is 59.6 cm³/mol. The van der Waals surface area contributed by atoms with Gasteiger partial charge in [0.15, 0.2) is 6.20 Å². The predicted octanol–water partition coefficient (Wildman–Crippen LogP) is 2.19. The average molecular weight is 200 g/mol. The first-order valence-corrected chi connectivity index (χ1v) is 4.91. The molecule has 0 N–H and O–H groups in total. The number of pyridine rings is 1. The van der Waals surface area contributed by atoms with Crippen LogP contribution < -0.4 is 9.30 Å². The molecule has 76 valence electrons. The van der Waals surface area contributed by atoms with Crippen molar-refractivity contribution in [3.8, 4) is 17.0 Å². The molecule has 0 aliphatic heterocycles. The molecule has 0 bridgehead atoms. The molecule has 0 saturated carbocycles. The topological polar surface area (TPSA) is 13.1 Å². The van der Waals surface area contributed by atoms with Gasteiger partial charge in [0.2, 0.25) is 5.69 Å². The van der Waals surface area contributed by atoms with Gasteiger partial charge in [-0.1, -0.05) is 12.1 Å². The summed E-state index contributed by atoms with van der Waals surface area (Å²) in [7, 11) is 3.73. The highest BCUT2D eigenvalue weighted by atomic mass is 16.5. The first-order chi connectivity index (χ1) is 7.33. The molecule has 0 fully saturated rings. The molecular weight excluding hydrogens is 186 g/mol. The molecule has 1 aromatic heterocycles. The Morgan fingerprint density at radius 2 is 1.73 bits per heavy atom. The van der Waals surface area contributed by atoms with E-state index in [2.05, 4.69) is 16.7 Å². The molecule has 0 radical (unpaired) electrons. The molecule has 2 rings (SSSR count). The molecule has 2 aromatic rings. The van der Waals surface area contributed by atoms with Crippen LogP contribution in [-0.2, 0) is 7.05 Å². The number of rotatable bonds is 2. The van der Waals surface area contributed by atoms with E-state index >= 15 is 0 Å². The maximum Gasteiger partial charge on any atom is 0.216 e. The molecule has 0 saturated heterocycles. The van der Waals surface area contributed by atoms with Crippen LogP contribution >= 0.6 is 0 Å². The largest absolute Gasteiger partial charge is 0.496 e. The number of hydrogen-bond acceptors (Lipinski definition) is 1. The molecule has 0 amide bonds. The number of ether oxygens (including phenoxy) is 1. The zero-order valence-electron chi connectivity index (χ0n) is 8.97. The summed E-state index contributed by atoms with van der Waals surface area (Å²) in [5, 5.41) is 0. The van der Waals surface area contributed by atoms with E-state index in [0.29, 0.717) is 0 Å². The average Bonchev–Trinajstić information content (AvgIpc) is 2.30. The molecule has 0 aliphatic rings. The Bertz CT molecular complexity index is 466. The SMILES string of the molecule is COc1ccccc1-c1cccc[n+]1C. The Labute approximate surface area is 89.8 Å². The highest BCUT2D eigenvalue weighted by molar-refractivity contribution is 5.64. The Morgan fingerprint density at radius 3 is 2.47 bits per heavy atom. The number of benzene rings is 1. The second-order valence-corrected chi connectivity index (χ2v) is 3.40. The van der Waals surface area contributed by atoms with Gasteiger partial charge in [-0.2, -0.15) is 0 Å². The third-order valence-corrected chi connectivity index (χ3v) is 2.44. The van der Waals surface area contributed by atoms with Gasteiger partial charge in [0, 0.05) is 12.1 Å². The van der Waals surface area contributed by atoms with E-state index in [9.17, 15) is 0 Å². The van der Waals surface area contributed by atoms with Crippen LogP contribution in [0.15, 0.2) is 48.7 Å². The van der Waals surface area contributed by atoms with E-state index in [1.807, 2.05) is 43.6 Å². The Hall–Kier alpha value is -1.83. The molecule has 0 aliphatic carbocycles. The lowest BCUT2D eigenvalue weighted by atomic mass is 10.1. The highest BCUT2D eigenvalue weighted by Gasteiger charge is 2.12. The zero-order chi connectivity index (χ0) is 10.7. The van der Waals surface area contributed by atoms with Crippen LogP contribution in [-0.4, -0.2) is 7.11 Å². The molecular formula is C13H14NO+. The van der Waals surface area contributed by atoms with Crippen molar-refractivity contribution >= 4 is 0 Å². The van der Waals surface area contributed by atoms with Crippen LogP contribution in [0.2, 0.25) is 0 Å². The number of aromatic nitrogens is 1. The van der Waals surface area contributed by atoms with Crippen molar-refractivity contribution in [1.29, 1.82) is 0 Å². The van der Waals surface area contributed by atoms with Crippen molar-refractivity contribution in [2.75, 3.05) is 7.11 Å². The monoisotopic (exact) mass is 200 g/mol. The van der Waals surface area contributed by atoms with Gasteiger partial charge in [0.25, 0.3) is 0 Å². The van der Waals surface area contributed by atoms with Crippen LogP contribution in [0.25, 0.3) is 11.3 Å². The summed E-state index contributed by atoms with van der Waals surface area (Å²) in [4.78, 5) is 0. The molecule has 0 unspecified atom stereocenters. The van der Waals surface area contributed by atoms with Crippen molar-refractivity contribution in [1.82, 2.24) is 0 Å². The quantitative estimate of drug-likeness (QED) is 0.677. The standard InChI is InChI=1S/C13H14NO/c1-14-10-6-5-8-12(14)11-7-3-4-9-13(11)15-2/h3-10H,1-2H3/q+1. The van der Waals surface area contributed by atoms with Gasteiger partial charge in [-0.05, 0) is 18.2 Å². The number of methoxy groups -OCH3 is 1. The lowest BCUT2D eigenvalue weighted by Crippen LogP contribution is -2.29. The molecule has 1 heterocycles. The van der Waals surface area contributed by atoms with Crippen LogP contribution in [0.5, 0.6) is 5.75 Å². The zero-order valence-corrected chi connectivity index (χ0v) is 8.97. The fourth-order valence-corrected chi connectivity index (χ4v) is 1.66. The van der Waals surface area contributed by atoms with E-state index in [1.54, 1.807) is 7.11 Å². The normalized spacial score (nSPS) is 10.0. The third-order valence-electron chi connectivity index (χ3n) is 2.44. The van der Waals surface area contributed by atoms with Gasteiger partial charge in [-0.25, -0.2) is 4.57 Å². The number of para-hydroxylation sites is 1. The van der Waals surface area contributed by atoms with Crippen LogP contribution in [0, 0.1) is 0 Å². The number of nitrogens with zero attached hydrogens (tertiary/aromatic N) is 1. The van der Waals surface area contributed by atoms with Crippen molar-refractivity contribution in [3.05, 3.63) is 48.7 Å². The number of aryl methyl sites for hydroxylation is 1. The maximum atomic E-state index is 5.34. The van der Waals surface area contributed by atoms with Gasteiger partial charge in [0.1, 0.15) is 12.8 Å². The van der Waals surface area contributed by atoms with Gasteiger partial charge >= 0.3 is 0 Å². The Balaban J connectivity index is 2.59. The minimum Gasteiger partial charge on any atom is -0.496 e. The summed E-state index contributed by atoms with van der Waals surface area (Å²) >= 11 is 0. The highest BCUT2D eigenvalue weighted by Crippen LogP contribution is 2.26. The number of hydrogen-bond donors (Lipinski definition) is 0. The van der Waals surface area contributed by atoms with E-state index in [0.717, 1.165) is 17.0 Å². The second-order valence-electron chi connectivity index (χ2n) is 3.40. The minimum absolute atomic E-state index is 0.902. The minimum atomic E-state index is 0.902. The van der Waals surface area contributed by atoms with E-state index in [-0.39, 0.29) is 0 Å². The van der Waals surface area contributed by atoms with Gasteiger partial charge in [0.05, 0.1) is 12.7 Å². The van der Waals surface area contributed by atoms with Gasteiger partial charge in [-0.15, -0.1) is 0 Å². The van der Waals surface area contributed by atoms with Crippen LogP contribution in [0.1, 0.15) is 0 Å². The molecule has 0 spiro atoms. The maximum absolute atomic E-state index is 5.34. The molecule has 15 heavy (non-hydrogen) atoms. The summed E-state index contributed by atoms with van der Waals surface area (Å²) in [6.07, 6.45) is 2.03. The fraction of sp³-hybridized carbons (Fsp3) is 0.154. The summed E-state index contributed by atoms with van der Waals surface area (Å²) < 4.78 is 7.42. The lowest BCUT2D eigenvalue weighted by molar-refractivity contribution is -0.660. The first kappa shape index (κ1) is 9.71. The summed E-state index contributed by atoms with van der Waals surface area (Å²) in [5.74, 6) is 0.902. The molecule has 1 aromatic carbocycles. The Kier molecular flexibility index (Phi) is 2.68. The van der Waals surface area contributed by atoms with Crippen molar-refractivity contribution in [3.63, 3.8) is 0 Å². The van der Waals surface area contributed by atoms with Crippen LogP contribution in [0.3, 0.4) is 0 Å². The van der Waals surface area contributed by atoms with E-state index < -0.39 is 0 Å². The first-order valence-electron chi connectivity index (χ1n) is 4.91. The Morgan fingerprint density at radius 1 is 1.00 bits per heavy atom. The molecule has 2 nitrogen and oxygen atoms in total.